The van der Waals surface area contributed by atoms with Crippen LogP contribution in [0.4, 0.5) is 0 Å². The summed E-state index contributed by atoms with van der Waals surface area (Å²) in [6.45, 7) is 2.40. The number of thiocarbonyl (C=S) groups is 1. The minimum atomic E-state index is -3.57. The number of sulfonamides is 1. The van der Waals surface area contributed by atoms with E-state index in [1.165, 1.54) is 12.3 Å². The second kappa shape index (κ2) is 6.29. The predicted molar refractivity (Wildman–Crippen MR) is 82.3 cm³/mol. The highest BCUT2D eigenvalue weighted by atomic mass is 32.2. The molecule has 1 aromatic heterocycles. The van der Waals surface area contributed by atoms with Gasteiger partial charge in [0.15, 0.2) is 0 Å². The SMILES string of the molecule is Cc1cc(S(=O)(=O)NCCn2ccnn2)ccc1C(N)=S. The van der Waals surface area contributed by atoms with E-state index in [1.54, 1.807) is 29.9 Å². The van der Waals surface area contributed by atoms with E-state index in [0.29, 0.717) is 12.1 Å². The van der Waals surface area contributed by atoms with Gasteiger partial charge in [0.1, 0.15) is 4.99 Å². The molecule has 7 nitrogen and oxygen atoms in total. The van der Waals surface area contributed by atoms with Gasteiger partial charge in [-0.15, -0.1) is 5.10 Å². The molecule has 3 N–H and O–H groups in total. The van der Waals surface area contributed by atoms with Crippen LogP contribution < -0.4 is 10.5 Å². The maximum atomic E-state index is 12.2. The number of hydrogen-bond donors (Lipinski definition) is 2. The Morgan fingerprint density at radius 2 is 2.24 bits per heavy atom. The Balaban J connectivity index is 2.08. The molecule has 0 bridgehead atoms. The minimum Gasteiger partial charge on any atom is -0.389 e. The maximum Gasteiger partial charge on any atom is 0.240 e. The van der Waals surface area contributed by atoms with Crippen LogP contribution in [0.1, 0.15) is 11.1 Å². The van der Waals surface area contributed by atoms with Gasteiger partial charge >= 0.3 is 0 Å². The van der Waals surface area contributed by atoms with Crippen LogP contribution in [0.25, 0.3) is 0 Å². The van der Waals surface area contributed by atoms with Crippen molar-refractivity contribution in [3.63, 3.8) is 0 Å². The smallest absolute Gasteiger partial charge is 0.240 e. The van der Waals surface area contributed by atoms with E-state index in [4.69, 9.17) is 18.0 Å². The fourth-order valence-corrected chi connectivity index (χ4v) is 3.14. The van der Waals surface area contributed by atoms with Crippen LogP contribution >= 0.6 is 12.2 Å². The Kier molecular flexibility index (Phi) is 4.66. The monoisotopic (exact) mass is 325 g/mol. The van der Waals surface area contributed by atoms with E-state index in [9.17, 15) is 8.42 Å². The van der Waals surface area contributed by atoms with Gasteiger partial charge in [0, 0.05) is 18.3 Å². The highest BCUT2D eigenvalue weighted by Gasteiger charge is 2.15. The molecule has 0 spiro atoms. The van der Waals surface area contributed by atoms with Crippen LogP contribution in [0, 0.1) is 6.92 Å². The number of nitrogens with two attached hydrogens (primary N) is 1. The molecule has 0 saturated heterocycles. The molecule has 0 amide bonds. The lowest BCUT2D eigenvalue weighted by atomic mass is 10.1. The lowest BCUT2D eigenvalue weighted by Crippen LogP contribution is -2.27. The van der Waals surface area contributed by atoms with Crippen molar-refractivity contribution in [1.82, 2.24) is 19.7 Å². The Hall–Kier alpha value is -1.84. The number of rotatable bonds is 6. The van der Waals surface area contributed by atoms with Crippen LogP contribution in [0.5, 0.6) is 0 Å². The van der Waals surface area contributed by atoms with E-state index in [-0.39, 0.29) is 16.4 Å². The standard InChI is InChI=1S/C12H15N5O2S2/c1-9-8-10(2-3-11(9)12(13)20)21(18,19)15-5-7-17-6-4-14-16-17/h2-4,6,8,15H,5,7H2,1H3,(H2,13,20). The third-order valence-corrected chi connectivity index (χ3v) is 4.56. The number of nitrogens with zero attached hydrogens (tertiary/aromatic N) is 3. The third-order valence-electron chi connectivity index (χ3n) is 2.88. The van der Waals surface area contributed by atoms with Crippen molar-refractivity contribution in [3.05, 3.63) is 41.7 Å². The molecule has 0 atom stereocenters. The van der Waals surface area contributed by atoms with Gasteiger partial charge in [-0.25, -0.2) is 13.1 Å². The first-order valence-electron chi connectivity index (χ1n) is 6.14. The maximum absolute atomic E-state index is 12.2. The molecule has 0 unspecified atom stereocenters. The highest BCUT2D eigenvalue weighted by molar-refractivity contribution is 7.89. The Bertz CT molecular complexity index is 741. The average Bonchev–Trinajstić information content (AvgIpc) is 2.91. The molecule has 0 aliphatic heterocycles. The van der Waals surface area contributed by atoms with E-state index in [1.807, 2.05) is 0 Å². The summed E-state index contributed by atoms with van der Waals surface area (Å²) >= 11 is 4.90. The summed E-state index contributed by atoms with van der Waals surface area (Å²) < 4.78 is 28.4. The third kappa shape index (κ3) is 3.84. The zero-order valence-corrected chi connectivity index (χ0v) is 13.0. The van der Waals surface area contributed by atoms with Crippen LogP contribution in [-0.4, -0.2) is 34.9 Å². The largest absolute Gasteiger partial charge is 0.389 e. The zero-order valence-electron chi connectivity index (χ0n) is 11.4. The summed E-state index contributed by atoms with van der Waals surface area (Å²) in [6, 6.07) is 4.65. The van der Waals surface area contributed by atoms with Gasteiger partial charge in [-0.2, -0.15) is 0 Å². The molecule has 0 radical (unpaired) electrons. The first-order chi connectivity index (χ1) is 9.90. The highest BCUT2D eigenvalue weighted by Crippen LogP contribution is 2.15. The van der Waals surface area contributed by atoms with Gasteiger partial charge in [-0.3, -0.25) is 4.68 Å². The lowest BCUT2D eigenvalue weighted by molar-refractivity contribution is 0.553. The second-order valence-corrected chi connectivity index (χ2v) is 6.61. The quantitative estimate of drug-likeness (QED) is 0.736. The minimum absolute atomic E-state index is 0.179. The molecule has 112 valence electrons. The summed E-state index contributed by atoms with van der Waals surface area (Å²) in [5.74, 6) is 0. The van der Waals surface area contributed by atoms with E-state index >= 15 is 0 Å². The predicted octanol–water partition coefficient (Wildman–Crippen LogP) is 0.199. The van der Waals surface area contributed by atoms with Crippen molar-refractivity contribution in [2.45, 2.75) is 18.4 Å². The van der Waals surface area contributed by atoms with Gasteiger partial charge in [0.25, 0.3) is 0 Å². The average molecular weight is 325 g/mol. The Morgan fingerprint density at radius 1 is 1.48 bits per heavy atom. The van der Waals surface area contributed by atoms with Gasteiger partial charge in [-0.1, -0.05) is 23.5 Å². The lowest BCUT2D eigenvalue weighted by Gasteiger charge is -2.09. The normalized spacial score (nSPS) is 11.5. The molecule has 0 aliphatic rings. The number of aryl methyl sites for hydroxylation is 1. The van der Waals surface area contributed by atoms with Gasteiger partial charge in [0.2, 0.25) is 10.0 Å². The molecule has 21 heavy (non-hydrogen) atoms. The summed E-state index contributed by atoms with van der Waals surface area (Å²) in [5, 5.41) is 7.40. The number of aromatic nitrogens is 3. The van der Waals surface area contributed by atoms with Gasteiger partial charge in [-0.05, 0) is 24.6 Å². The van der Waals surface area contributed by atoms with Crippen molar-refractivity contribution in [2.75, 3.05) is 6.54 Å². The van der Waals surface area contributed by atoms with Crippen molar-refractivity contribution in [2.24, 2.45) is 5.73 Å². The fraction of sp³-hybridized carbons (Fsp3) is 0.250. The zero-order chi connectivity index (χ0) is 15.5. The molecular weight excluding hydrogens is 310 g/mol. The summed E-state index contributed by atoms with van der Waals surface area (Å²) in [5.41, 5.74) is 6.96. The van der Waals surface area contributed by atoms with Crippen molar-refractivity contribution in [1.29, 1.82) is 0 Å². The van der Waals surface area contributed by atoms with Crippen LogP contribution in [0.15, 0.2) is 35.5 Å². The molecule has 0 aliphatic carbocycles. The fourth-order valence-electron chi connectivity index (χ4n) is 1.81. The van der Waals surface area contributed by atoms with Gasteiger partial charge < -0.3 is 5.73 Å². The number of nitrogens with one attached hydrogen (secondary N) is 1. The summed E-state index contributed by atoms with van der Waals surface area (Å²) in [6.07, 6.45) is 3.20. The van der Waals surface area contributed by atoms with Crippen LogP contribution in [-0.2, 0) is 16.6 Å². The van der Waals surface area contributed by atoms with Crippen LogP contribution in [0.2, 0.25) is 0 Å². The number of hydrogen-bond acceptors (Lipinski definition) is 5. The molecule has 2 aromatic rings. The molecule has 0 fully saturated rings. The first kappa shape index (κ1) is 15.5. The molecule has 2 rings (SSSR count). The molecule has 1 aromatic carbocycles. The van der Waals surface area contributed by atoms with E-state index in [0.717, 1.165) is 5.56 Å². The summed E-state index contributed by atoms with van der Waals surface area (Å²) in [7, 11) is -3.57. The van der Waals surface area contributed by atoms with E-state index < -0.39 is 10.0 Å². The summed E-state index contributed by atoms with van der Waals surface area (Å²) in [4.78, 5) is 0.425. The molecule has 9 heteroatoms. The number of benzene rings is 1. The second-order valence-electron chi connectivity index (χ2n) is 4.40. The topological polar surface area (TPSA) is 103 Å². The molecule has 0 saturated carbocycles. The first-order valence-corrected chi connectivity index (χ1v) is 8.03. The Labute approximate surface area is 128 Å². The van der Waals surface area contributed by atoms with E-state index in [2.05, 4.69) is 15.0 Å². The van der Waals surface area contributed by atoms with Crippen LogP contribution in [0.3, 0.4) is 0 Å². The van der Waals surface area contributed by atoms with Crippen molar-refractivity contribution < 1.29 is 8.42 Å². The molecule has 1 heterocycles. The van der Waals surface area contributed by atoms with Gasteiger partial charge in [0.05, 0.1) is 17.6 Å². The molecular formula is C12H15N5O2S2. The van der Waals surface area contributed by atoms with Crippen molar-refractivity contribution >= 4 is 27.2 Å². The van der Waals surface area contributed by atoms with Crippen molar-refractivity contribution in [3.8, 4) is 0 Å². The Morgan fingerprint density at radius 3 is 2.81 bits per heavy atom.